The van der Waals surface area contributed by atoms with Gasteiger partial charge < -0.3 is 9.32 Å². The van der Waals surface area contributed by atoms with Gasteiger partial charge in [0, 0.05) is 33.4 Å². The van der Waals surface area contributed by atoms with Crippen LogP contribution in [0.1, 0.15) is 51.8 Å². The number of para-hydroxylation sites is 2. The number of fused-ring (bicyclic) bond motifs is 9. The number of hydrogen-bond donors (Lipinski definition) is 0. The minimum Gasteiger partial charge on any atom is -0.455 e. The van der Waals surface area contributed by atoms with Gasteiger partial charge in [-0.25, -0.2) is 0 Å². The molecule has 358 valence electrons. The molecule has 1 heterocycles. The van der Waals surface area contributed by atoms with Gasteiger partial charge in [0.2, 0.25) is 0 Å². The second kappa shape index (κ2) is 17.6. The number of allylic oxidation sites excluding steroid dienone is 4. The number of nitrogens with zero attached hydrogens (tertiary/aromatic N) is 1. The molecule has 0 saturated carbocycles. The summed E-state index contributed by atoms with van der Waals surface area (Å²) in [6.45, 7) is 0. The molecule has 11 aromatic carbocycles. The van der Waals surface area contributed by atoms with Gasteiger partial charge in [-0.3, -0.25) is 0 Å². The van der Waals surface area contributed by atoms with Crippen LogP contribution in [0, 0.1) is 0 Å². The van der Waals surface area contributed by atoms with Crippen LogP contribution < -0.4 is 4.90 Å². The van der Waals surface area contributed by atoms with E-state index in [1.165, 1.54) is 66.8 Å². The highest BCUT2D eigenvalue weighted by atomic mass is 16.3. The lowest BCUT2D eigenvalue weighted by molar-refractivity contribution is 0.670. The lowest BCUT2D eigenvalue weighted by Crippen LogP contribution is -2.30. The van der Waals surface area contributed by atoms with E-state index in [0.717, 1.165) is 74.1 Å². The molecule has 76 heavy (non-hydrogen) atoms. The molecule has 0 aliphatic heterocycles. The third-order valence-corrected chi connectivity index (χ3v) is 16.8. The van der Waals surface area contributed by atoms with Gasteiger partial charge in [-0.15, -0.1) is 0 Å². The van der Waals surface area contributed by atoms with E-state index in [9.17, 15) is 0 Å². The van der Waals surface area contributed by atoms with E-state index in [2.05, 4.69) is 284 Å². The van der Waals surface area contributed by atoms with E-state index in [1.54, 1.807) is 0 Å². The molecule has 0 radical (unpaired) electrons. The van der Waals surface area contributed by atoms with Crippen LogP contribution in [0.25, 0.3) is 66.4 Å². The zero-order chi connectivity index (χ0) is 50.2. The molecule has 0 amide bonds. The highest BCUT2D eigenvalue weighted by molar-refractivity contribution is 6.09. The molecule has 0 saturated heterocycles. The van der Waals surface area contributed by atoms with E-state index in [4.69, 9.17) is 4.42 Å². The minimum atomic E-state index is -0.489. The van der Waals surface area contributed by atoms with Crippen LogP contribution in [0.3, 0.4) is 0 Å². The van der Waals surface area contributed by atoms with Crippen LogP contribution in [0.4, 0.5) is 17.1 Å². The summed E-state index contributed by atoms with van der Waals surface area (Å²) in [6.07, 6.45) is 8.97. The van der Waals surface area contributed by atoms with Gasteiger partial charge >= 0.3 is 0 Å². The van der Waals surface area contributed by atoms with Crippen LogP contribution in [0.15, 0.2) is 295 Å². The van der Waals surface area contributed by atoms with Crippen LogP contribution in [0.2, 0.25) is 0 Å². The number of benzene rings is 11. The Bertz CT molecular complexity index is 4180. The van der Waals surface area contributed by atoms with Crippen LogP contribution in [-0.4, -0.2) is 0 Å². The summed E-state index contributed by atoms with van der Waals surface area (Å²) in [7, 11) is 0. The monoisotopic (exact) mass is 969 g/mol. The smallest absolute Gasteiger partial charge is 0.143 e. The summed E-state index contributed by atoms with van der Waals surface area (Å²) in [4.78, 5) is 2.42. The second-order valence-corrected chi connectivity index (χ2v) is 20.5. The summed E-state index contributed by atoms with van der Waals surface area (Å²) in [5, 5.41) is 2.27. The predicted octanol–water partition coefficient (Wildman–Crippen LogP) is 19.3. The van der Waals surface area contributed by atoms with E-state index in [1.807, 2.05) is 6.07 Å². The average molecular weight is 970 g/mol. The molecule has 15 rings (SSSR count). The van der Waals surface area contributed by atoms with Crippen molar-refractivity contribution in [1.82, 2.24) is 0 Å². The molecule has 0 fully saturated rings. The van der Waals surface area contributed by atoms with E-state index in [0.29, 0.717) is 0 Å². The Morgan fingerprint density at radius 1 is 0.342 bits per heavy atom. The fraction of sp³-hybridized carbons (Fsp3) is 0.0541. The van der Waals surface area contributed by atoms with Gasteiger partial charge in [-0.1, -0.05) is 242 Å². The highest BCUT2D eigenvalue weighted by Crippen LogP contribution is 2.59. The van der Waals surface area contributed by atoms with Gasteiger partial charge in [-0.2, -0.15) is 0 Å². The molecule has 0 unspecified atom stereocenters. The highest BCUT2D eigenvalue weighted by Gasteiger charge is 2.48. The van der Waals surface area contributed by atoms with Gasteiger partial charge in [0.1, 0.15) is 11.2 Å². The van der Waals surface area contributed by atoms with Crippen molar-refractivity contribution in [2.75, 3.05) is 4.90 Å². The number of rotatable bonds is 9. The molecular formula is C74H51NO. The third kappa shape index (κ3) is 6.53. The average Bonchev–Trinajstić information content (AvgIpc) is 4.14. The van der Waals surface area contributed by atoms with Crippen molar-refractivity contribution in [2.24, 2.45) is 0 Å². The Balaban J connectivity index is 0.869. The molecule has 2 heteroatoms. The maximum Gasteiger partial charge on any atom is 0.143 e. The zero-order valence-corrected chi connectivity index (χ0v) is 41.9. The summed E-state index contributed by atoms with van der Waals surface area (Å²) < 4.78 is 6.50. The lowest BCUT2D eigenvalue weighted by atomic mass is 9.65. The van der Waals surface area contributed by atoms with Crippen molar-refractivity contribution in [2.45, 2.75) is 23.7 Å². The summed E-state index contributed by atoms with van der Waals surface area (Å²) >= 11 is 0. The minimum absolute atomic E-state index is 0.408. The molecule has 3 aliphatic carbocycles. The first-order chi connectivity index (χ1) is 37.7. The van der Waals surface area contributed by atoms with Crippen molar-refractivity contribution in [3.63, 3.8) is 0 Å². The molecule has 12 aromatic rings. The molecule has 1 aromatic heterocycles. The first-order valence-electron chi connectivity index (χ1n) is 26.6. The predicted molar refractivity (Wildman–Crippen MR) is 315 cm³/mol. The zero-order valence-electron chi connectivity index (χ0n) is 41.9. The SMILES string of the molecule is C1=CCCC(C2(c3ccc(N(c4ccc(-c5cccc(-c6cccc7c6oc6ccccc67)c5)cc4)c4ccc(C5(c6ccccc6)c6ccccc6-c6ccccc65)cc4)cc3)c3ccccc3-c3ccccc32)=C1. The molecule has 0 bridgehead atoms. The van der Waals surface area contributed by atoms with Gasteiger partial charge in [0.25, 0.3) is 0 Å². The Kier molecular flexibility index (Phi) is 10.2. The number of hydrogen-bond acceptors (Lipinski definition) is 2. The third-order valence-electron chi connectivity index (χ3n) is 16.8. The standard InChI is InChI=1S/C74H51NO/c1-3-21-53(22-4-1)73(67-32-12-7-25-61(67)62-26-8-13-33-68(62)73)55-39-45-58(46-40-55)75(57-43-37-50(38-44-57)51-19-17-20-52(49-51)60-30-18-31-66-65-29-11-16-36-71(65)76-72(60)66)59-47-41-56(42-48-59)74(54-23-5-2-6-24-54)69-34-14-9-27-63(69)64-28-10-15-35-70(64)74/h1-5,7-23,25-49H,6,24H2. The van der Waals surface area contributed by atoms with Crippen LogP contribution >= 0.6 is 0 Å². The first kappa shape index (κ1) is 44.0. The van der Waals surface area contributed by atoms with Crippen molar-refractivity contribution in [1.29, 1.82) is 0 Å². The topological polar surface area (TPSA) is 16.4 Å². The second-order valence-electron chi connectivity index (χ2n) is 20.5. The fourth-order valence-corrected chi connectivity index (χ4v) is 13.5. The number of anilines is 3. The van der Waals surface area contributed by atoms with Crippen molar-refractivity contribution in [3.8, 4) is 44.5 Å². The van der Waals surface area contributed by atoms with E-state index in [-0.39, 0.29) is 0 Å². The van der Waals surface area contributed by atoms with E-state index >= 15 is 0 Å². The van der Waals surface area contributed by atoms with Crippen LogP contribution in [0.5, 0.6) is 0 Å². The molecule has 0 spiro atoms. The normalized spacial score (nSPS) is 14.4. The van der Waals surface area contributed by atoms with Gasteiger partial charge in [0.05, 0.1) is 10.8 Å². The van der Waals surface area contributed by atoms with Crippen molar-refractivity contribution < 1.29 is 4.42 Å². The van der Waals surface area contributed by atoms with E-state index < -0.39 is 10.8 Å². The summed E-state index contributed by atoms with van der Waals surface area (Å²) in [5.41, 5.74) is 24.4. The lowest BCUT2D eigenvalue weighted by Gasteiger charge is -2.37. The molecule has 3 aliphatic rings. The molecule has 0 N–H and O–H groups in total. The van der Waals surface area contributed by atoms with Gasteiger partial charge in [0.15, 0.2) is 0 Å². The Morgan fingerprint density at radius 2 is 0.803 bits per heavy atom. The summed E-state index contributed by atoms with van der Waals surface area (Å²) in [6, 6.07) is 98.7. The Morgan fingerprint density at radius 3 is 1.39 bits per heavy atom. The maximum absolute atomic E-state index is 6.50. The Labute approximate surface area is 443 Å². The summed E-state index contributed by atoms with van der Waals surface area (Å²) in [5.74, 6) is 0. The van der Waals surface area contributed by atoms with Crippen molar-refractivity contribution >= 4 is 39.0 Å². The largest absolute Gasteiger partial charge is 0.455 e. The fourth-order valence-electron chi connectivity index (χ4n) is 13.5. The van der Waals surface area contributed by atoms with Gasteiger partial charge in [-0.05, 0) is 139 Å². The first-order valence-corrected chi connectivity index (χ1v) is 26.6. The molecular weight excluding hydrogens is 919 g/mol. The van der Waals surface area contributed by atoms with Crippen LogP contribution in [-0.2, 0) is 10.8 Å². The Hall–Kier alpha value is -9.50. The maximum atomic E-state index is 6.50. The number of furan rings is 1. The quantitative estimate of drug-likeness (QED) is 0.143. The molecule has 2 nitrogen and oxygen atoms in total. The van der Waals surface area contributed by atoms with Crippen molar-refractivity contribution in [3.05, 3.63) is 330 Å². The molecule has 0 atom stereocenters.